The van der Waals surface area contributed by atoms with Gasteiger partial charge < -0.3 is 19.8 Å². The zero-order valence-electron chi connectivity index (χ0n) is 22.7. The third kappa shape index (κ3) is 6.79. The van der Waals surface area contributed by atoms with Crippen LogP contribution in [0, 0.1) is 17.8 Å². The lowest BCUT2D eigenvalue weighted by molar-refractivity contribution is -0.130. The lowest BCUT2D eigenvalue weighted by atomic mass is 10.0. The molecule has 1 amide bonds. The number of carbonyl (C=O) groups is 1. The Bertz CT molecular complexity index is 1330. The quantitative estimate of drug-likeness (QED) is 0.525. The van der Waals surface area contributed by atoms with Crippen molar-refractivity contribution in [3.8, 4) is 17.6 Å². The number of hydrogen-bond donors (Lipinski definition) is 2. The van der Waals surface area contributed by atoms with Gasteiger partial charge in [-0.15, -0.1) is 0 Å². The number of rotatable bonds is 6. The highest BCUT2D eigenvalue weighted by Gasteiger charge is 2.38. The summed E-state index contributed by atoms with van der Waals surface area (Å²) in [6.45, 7) is 3.55. The van der Waals surface area contributed by atoms with E-state index < -0.39 is 27.8 Å². The maximum absolute atomic E-state index is 13.7. The van der Waals surface area contributed by atoms with Crippen molar-refractivity contribution in [1.29, 1.82) is 0 Å². The zero-order valence-corrected chi connectivity index (χ0v) is 23.5. The van der Waals surface area contributed by atoms with E-state index in [4.69, 9.17) is 4.74 Å². The van der Waals surface area contributed by atoms with Crippen LogP contribution >= 0.6 is 0 Å². The molecule has 2 heterocycles. The largest absolute Gasteiger partial charge is 0.487 e. The molecule has 2 N–H and O–H groups in total. The first-order valence-electron chi connectivity index (χ1n) is 13.3. The number of aromatic nitrogens is 1. The number of likely N-dealkylation sites (N-methyl/N-ethyl adjacent to an activating group) is 1. The van der Waals surface area contributed by atoms with Crippen LogP contribution in [0.15, 0.2) is 47.6 Å². The molecule has 0 bridgehead atoms. The summed E-state index contributed by atoms with van der Waals surface area (Å²) in [6, 6.07) is 7.63. The Morgan fingerprint density at radius 2 is 2.05 bits per heavy atom. The number of fused-ring (bicyclic) bond motifs is 1. The Labute approximate surface area is 230 Å². The summed E-state index contributed by atoms with van der Waals surface area (Å²) in [6.07, 6.45) is 6.03. The highest BCUT2D eigenvalue weighted by atomic mass is 32.2. The topological polar surface area (TPSA) is 120 Å². The molecule has 10 heteroatoms. The van der Waals surface area contributed by atoms with Gasteiger partial charge in [-0.1, -0.05) is 24.8 Å². The summed E-state index contributed by atoms with van der Waals surface area (Å²) in [5, 5.41) is 20.5. The van der Waals surface area contributed by atoms with E-state index in [1.54, 1.807) is 49.5 Å². The minimum absolute atomic E-state index is 0.0193. The fraction of sp³-hybridized carbons (Fsp3) is 0.517. The van der Waals surface area contributed by atoms with Gasteiger partial charge in [0.2, 0.25) is 15.9 Å². The van der Waals surface area contributed by atoms with Gasteiger partial charge in [-0.2, -0.15) is 4.31 Å². The Morgan fingerprint density at radius 1 is 1.31 bits per heavy atom. The molecule has 210 valence electrons. The van der Waals surface area contributed by atoms with E-state index in [2.05, 4.69) is 16.8 Å². The third-order valence-corrected chi connectivity index (χ3v) is 9.51. The van der Waals surface area contributed by atoms with Crippen molar-refractivity contribution in [2.75, 3.05) is 26.7 Å². The molecule has 1 aliphatic heterocycles. The number of nitrogens with zero attached hydrogens (tertiary/aromatic N) is 3. The van der Waals surface area contributed by atoms with E-state index >= 15 is 0 Å². The predicted molar refractivity (Wildman–Crippen MR) is 146 cm³/mol. The molecule has 0 spiro atoms. The maximum atomic E-state index is 13.7. The molecule has 1 aromatic heterocycles. The van der Waals surface area contributed by atoms with Crippen molar-refractivity contribution < 1.29 is 28.2 Å². The van der Waals surface area contributed by atoms with Crippen LogP contribution in [0.1, 0.15) is 50.7 Å². The number of aliphatic hydroxyl groups is 2. The van der Waals surface area contributed by atoms with Crippen LogP contribution < -0.4 is 4.74 Å². The number of ether oxygens (including phenoxy) is 1. The second-order valence-corrected chi connectivity index (χ2v) is 12.6. The summed E-state index contributed by atoms with van der Waals surface area (Å²) >= 11 is 0. The number of benzene rings is 1. The lowest BCUT2D eigenvalue weighted by Gasteiger charge is -2.37. The van der Waals surface area contributed by atoms with Crippen LogP contribution in [-0.4, -0.2) is 83.2 Å². The van der Waals surface area contributed by atoms with Crippen molar-refractivity contribution in [1.82, 2.24) is 14.2 Å². The van der Waals surface area contributed by atoms with E-state index in [0.717, 1.165) is 18.4 Å². The zero-order chi connectivity index (χ0) is 28.2. The van der Waals surface area contributed by atoms with Crippen LogP contribution in [-0.2, 0) is 21.2 Å². The Balaban J connectivity index is 1.66. The second kappa shape index (κ2) is 12.0. The smallest absolute Gasteiger partial charge is 0.247 e. The third-order valence-electron chi connectivity index (χ3n) is 7.50. The number of carbonyl (C=O) groups excluding carboxylic acids is 1. The van der Waals surface area contributed by atoms with E-state index in [-0.39, 0.29) is 48.6 Å². The molecule has 39 heavy (non-hydrogen) atoms. The molecule has 3 atom stereocenters. The van der Waals surface area contributed by atoms with Gasteiger partial charge in [0.25, 0.3) is 0 Å². The van der Waals surface area contributed by atoms with Crippen LogP contribution in [0.3, 0.4) is 0 Å². The average molecular weight is 556 g/mol. The van der Waals surface area contributed by atoms with Crippen molar-refractivity contribution in [2.24, 2.45) is 5.92 Å². The minimum atomic E-state index is -3.99. The molecule has 0 unspecified atom stereocenters. The molecule has 1 saturated carbocycles. The molecular weight excluding hydrogens is 518 g/mol. The molecule has 2 aliphatic rings. The van der Waals surface area contributed by atoms with Crippen LogP contribution in [0.5, 0.6) is 5.75 Å². The number of aliphatic hydroxyl groups excluding tert-OH is 1. The van der Waals surface area contributed by atoms with Crippen LogP contribution in [0.2, 0.25) is 0 Å². The van der Waals surface area contributed by atoms with Gasteiger partial charge in [0.15, 0.2) is 0 Å². The predicted octanol–water partition coefficient (Wildman–Crippen LogP) is 2.21. The molecule has 0 radical (unpaired) electrons. The SMILES string of the molecule is C[C@@H]1CN([C@@H](C)CO)S(=O)(=O)c2ccc(C#CC3(O)CCCC3)cc2O[C@@H]1CN(C)C(=O)Cc1cccnc1. The van der Waals surface area contributed by atoms with Gasteiger partial charge >= 0.3 is 0 Å². The van der Waals surface area contributed by atoms with E-state index in [1.165, 1.54) is 10.4 Å². The van der Waals surface area contributed by atoms with Gasteiger partial charge in [0.1, 0.15) is 22.4 Å². The second-order valence-electron chi connectivity index (χ2n) is 10.7. The number of pyridine rings is 1. The fourth-order valence-corrected chi connectivity index (χ4v) is 6.80. The molecule has 0 saturated heterocycles. The first-order valence-corrected chi connectivity index (χ1v) is 14.8. The van der Waals surface area contributed by atoms with Gasteiger partial charge in [-0.3, -0.25) is 9.78 Å². The van der Waals surface area contributed by atoms with Crippen LogP contribution in [0.4, 0.5) is 0 Å². The van der Waals surface area contributed by atoms with Gasteiger partial charge in [0, 0.05) is 43.5 Å². The van der Waals surface area contributed by atoms with Crippen molar-refractivity contribution in [3.63, 3.8) is 0 Å². The summed E-state index contributed by atoms with van der Waals surface area (Å²) in [7, 11) is -2.29. The molecule has 2 aromatic rings. The molecule has 1 aliphatic carbocycles. The van der Waals surface area contributed by atoms with Crippen molar-refractivity contribution >= 4 is 15.9 Å². The first-order chi connectivity index (χ1) is 18.5. The van der Waals surface area contributed by atoms with Crippen molar-refractivity contribution in [2.45, 2.75) is 68.6 Å². The highest BCUT2D eigenvalue weighted by molar-refractivity contribution is 7.89. The van der Waals surface area contributed by atoms with Crippen molar-refractivity contribution in [3.05, 3.63) is 53.9 Å². The van der Waals surface area contributed by atoms with Gasteiger partial charge in [-0.05, 0) is 62.4 Å². The highest BCUT2D eigenvalue weighted by Crippen LogP contribution is 2.34. The van der Waals surface area contributed by atoms with E-state index in [0.29, 0.717) is 18.4 Å². The molecule has 4 rings (SSSR count). The molecule has 9 nitrogen and oxygen atoms in total. The fourth-order valence-electron chi connectivity index (χ4n) is 4.98. The standard InChI is InChI=1S/C29H37N3O6S/c1-21-18-32(22(2)20-33)39(36,37)27-9-8-23(10-13-29(35)11-4-5-12-29)15-25(27)38-26(21)19-31(3)28(34)16-24-7-6-14-30-17-24/h6-9,14-15,17,21-22,26,33,35H,4-5,11-12,16,18-20H2,1-3H3/t21-,22+,26-/m1/s1. The summed E-state index contributed by atoms with van der Waals surface area (Å²) in [5.74, 6) is 5.68. The number of hydrogen-bond acceptors (Lipinski definition) is 7. The minimum Gasteiger partial charge on any atom is -0.487 e. The molecule has 1 aromatic carbocycles. The van der Waals surface area contributed by atoms with Gasteiger partial charge in [0.05, 0.1) is 19.6 Å². The lowest BCUT2D eigenvalue weighted by Crippen LogP contribution is -2.50. The Kier molecular flexibility index (Phi) is 8.96. The van der Waals surface area contributed by atoms with Crippen LogP contribution in [0.25, 0.3) is 0 Å². The molecule has 1 fully saturated rings. The number of sulfonamides is 1. The van der Waals surface area contributed by atoms with E-state index in [1.807, 2.05) is 13.0 Å². The van der Waals surface area contributed by atoms with E-state index in [9.17, 15) is 23.4 Å². The average Bonchev–Trinajstić information content (AvgIpc) is 3.36. The summed E-state index contributed by atoms with van der Waals surface area (Å²) < 4.78 is 35.0. The van der Waals surface area contributed by atoms with Gasteiger partial charge in [-0.25, -0.2) is 8.42 Å². The Morgan fingerprint density at radius 3 is 2.72 bits per heavy atom. The Hall–Kier alpha value is -2.97. The first kappa shape index (κ1) is 29.0. The molecular formula is C29H37N3O6S. The maximum Gasteiger partial charge on any atom is 0.247 e. The normalized spacial score (nSPS) is 22.8. The summed E-state index contributed by atoms with van der Waals surface area (Å²) in [5.41, 5.74) is 0.297. The monoisotopic (exact) mass is 555 g/mol. The summed E-state index contributed by atoms with van der Waals surface area (Å²) in [4.78, 5) is 18.6. The number of amides is 1.